The van der Waals surface area contributed by atoms with Gasteiger partial charge in [-0.2, -0.15) is 0 Å². The highest BCUT2D eigenvalue weighted by Crippen LogP contribution is 2.43. The average molecular weight is 422 g/mol. The summed E-state index contributed by atoms with van der Waals surface area (Å²) in [4.78, 5) is 21.2. The third-order valence-electron chi connectivity index (χ3n) is 7.52. The number of pyridine rings is 1. The van der Waals surface area contributed by atoms with Gasteiger partial charge in [0.2, 0.25) is 0 Å². The van der Waals surface area contributed by atoms with Crippen LogP contribution in [0.4, 0.5) is 5.82 Å². The molecule has 6 nitrogen and oxygen atoms in total. The number of ether oxygens (including phenoxy) is 1. The lowest BCUT2D eigenvalue weighted by Gasteiger charge is -2.57. The van der Waals surface area contributed by atoms with Crippen LogP contribution in [0.25, 0.3) is 0 Å². The summed E-state index contributed by atoms with van der Waals surface area (Å²) in [6.07, 6.45) is 7.77. The van der Waals surface area contributed by atoms with E-state index in [0.29, 0.717) is 29.5 Å². The summed E-state index contributed by atoms with van der Waals surface area (Å²) in [6.45, 7) is 3.10. The van der Waals surface area contributed by atoms with E-state index in [4.69, 9.17) is 4.74 Å². The maximum atomic E-state index is 11.5. The molecule has 3 aliphatic heterocycles. The number of carboxylic acid groups (broad SMARTS) is 1. The molecule has 31 heavy (non-hydrogen) atoms. The second-order valence-electron chi connectivity index (χ2n) is 9.29. The number of rotatable bonds is 5. The first-order chi connectivity index (χ1) is 15.1. The van der Waals surface area contributed by atoms with Crippen molar-refractivity contribution in [3.63, 3.8) is 0 Å². The summed E-state index contributed by atoms with van der Waals surface area (Å²) in [5, 5.41) is 9.41. The van der Waals surface area contributed by atoms with Gasteiger partial charge in [0, 0.05) is 31.4 Å². The van der Waals surface area contributed by atoms with Crippen LogP contribution in [0.15, 0.2) is 42.6 Å². The van der Waals surface area contributed by atoms with Gasteiger partial charge in [0.25, 0.3) is 0 Å². The Labute approximate surface area is 183 Å². The zero-order valence-corrected chi connectivity index (χ0v) is 18.1. The van der Waals surface area contributed by atoms with E-state index in [1.807, 2.05) is 6.07 Å². The summed E-state index contributed by atoms with van der Waals surface area (Å²) in [7, 11) is 1.72. The Morgan fingerprint density at radius 2 is 2.06 bits per heavy atom. The molecule has 2 bridgehead atoms. The van der Waals surface area contributed by atoms with Gasteiger partial charge < -0.3 is 14.7 Å². The van der Waals surface area contributed by atoms with E-state index in [1.54, 1.807) is 25.4 Å². The van der Waals surface area contributed by atoms with E-state index in [0.717, 1.165) is 31.1 Å². The molecule has 1 N–H and O–H groups in total. The van der Waals surface area contributed by atoms with E-state index in [9.17, 15) is 9.90 Å². The minimum Gasteiger partial charge on any atom is -0.497 e. The summed E-state index contributed by atoms with van der Waals surface area (Å²) in [6, 6.07) is 12.9. The van der Waals surface area contributed by atoms with Crippen LogP contribution >= 0.6 is 0 Å². The molecule has 0 amide bonds. The Hall–Kier alpha value is -2.60. The smallest absolute Gasteiger partial charge is 0.335 e. The summed E-state index contributed by atoms with van der Waals surface area (Å²) >= 11 is 0. The molecule has 1 aromatic carbocycles. The third kappa shape index (κ3) is 4.01. The first-order valence-corrected chi connectivity index (χ1v) is 11.5. The van der Waals surface area contributed by atoms with Crippen molar-refractivity contribution in [2.45, 2.75) is 44.2 Å². The van der Waals surface area contributed by atoms with Crippen LogP contribution in [0.1, 0.15) is 41.6 Å². The maximum Gasteiger partial charge on any atom is 0.335 e. The molecule has 3 aliphatic rings. The highest BCUT2D eigenvalue weighted by atomic mass is 16.5. The Morgan fingerprint density at radius 1 is 1.19 bits per heavy atom. The minimum atomic E-state index is -0.893. The van der Waals surface area contributed by atoms with Crippen molar-refractivity contribution in [1.82, 2.24) is 9.88 Å². The molecule has 2 aromatic rings. The lowest BCUT2D eigenvalue weighted by atomic mass is 9.71. The predicted molar refractivity (Wildman–Crippen MR) is 120 cm³/mol. The molecular formula is C25H31N3O3. The Balaban J connectivity index is 1.43. The summed E-state index contributed by atoms with van der Waals surface area (Å²) < 4.78 is 5.46. The second kappa shape index (κ2) is 8.50. The van der Waals surface area contributed by atoms with E-state index in [-0.39, 0.29) is 0 Å². The van der Waals surface area contributed by atoms with Crippen LogP contribution in [0, 0.1) is 11.8 Å². The quantitative estimate of drug-likeness (QED) is 0.794. The van der Waals surface area contributed by atoms with Crippen molar-refractivity contribution in [1.29, 1.82) is 0 Å². The maximum absolute atomic E-state index is 11.5. The molecule has 0 spiro atoms. The normalized spacial score (nSPS) is 28.1. The average Bonchev–Trinajstić information content (AvgIpc) is 2.82. The first-order valence-electron chi connectivity index (χ1n) is 11.5. The fraction of sp³-hybridized carbons (Fsp3) is 0.520. The largest absolute Gasteiger partial charge is 0.497 e. The molecule has 4 atom stereocenters. The van der Waals surface area contributed by atoms with Crippen molar-refractivity contribution < 1.29 is 14.6 Å². The van der Waals surface area contributed by atoms with Crippen molar-refractivity contribution in [2.75, 3.05) is 31.6 Å². The number of piperidine rings is 3. The second-order valence-corrected chi connectivity index (χ2v) is 9.29. The molecule has 0 unspecified atom stereocenters. The zero-order chi connectivity index (χ0) is 21.4. The van der Waals surface area contributed by atoms with Gasteiger partial charge in [-0.25, -0.2) is 9.78 Å². The van der Waals surface area contributed by atoms with Crippen LogP contribution < -0.4 is 9.64 Å². The van der Waals surface area contributed by atoms with Gasteiger partial charge in [0.15, 0.2) is 0 Å². The van der Waals surface area contributed by atoms with Crippen LogP contribution in [0.2, 0.25) is 0 Å². The minimum absolute atomic E-state index is 0.313. The number of hydrogen-bond donors (Lipinski definition) is 1. The topological polar surface area (TPSA) is 65.9 Å². The fourth-order valence-corrected chi connectivity index (χ4v) is 6.14. The number of benzene rings is 1. The first kappa shape index (κ1) is 20.3. The SMILES string of the molecule is COc1cccc(C[C@H]2[C@H]3C[C@H](CN(c4cc(C(=O)O)ccn4)C3)[C@@H]3CCCCN32)c1. The number of aromatic carboxylic acids is 1. The Kier molecular flexibility index (Phi) is 5.57. The molecular weight excluding hydrogens is 390 g/mol. The monoisotopic (exact) mass is 421 g/mol. The number of anilines is 1. The van der Waals surface area contributed by atoms with Crippen LogP contribution in [0.3, 0.4) is 0 Å². The van der Waals surface area contributed by atoms with Gasteiger partial charge in [-0.3, -0.25) is 4.90 Å². The highest BCUT2D eigenvalue weighted by molar-refractivity contribution is 5.88. The molecule has 3 fully saturated rings. The molecule has 0 saturated carbocycles. The number of fused-ring (bicyclic) bond motifs is 4. The molecule has 6 heteroatoms. The molecule has 1 aromatic heterocycles. The molecule has 4 heterocycles. The van der Waals surface area contributed by atoms with Crippen molar-refractivity contribution in [3.8, 4) is 5.75 Å². The molecule has 3 saturated heterocycles. The third-order valence-corrected chi connectivity index (χ3v) is 7.52. The number of aromatic nitrogens is 1. The van der Waals surface area contributed by atoms with Crippen molar-refractivity contribution in [3.05, 3.63) is 53.7 Å². The molecule has 0 aliphatic carbocycles. The standard InChI is InChI=1S/C25H31N3O3/c1-31-21-6-4-5-17(11-21)12-23-20-13-19(22-7-2-3-10-28(22)23)15-27(16-20)24-14-18(25(29)30)8-9-26-24/h4-6,8-9,11,14,19-20,22-23H,2-3,7,10,12-13,15-16H2,1H3,(H,29,30)/t19-,20+,22+,23+/m1/s1. The van der Waals surface area contributed by atoms with Crippen LogP contribution in [-0.2, 0) is 6.42 Å². The van der Waals surface area contributed by atoms with E-state index in [1.165, 1.54) is 37.8 Å². The molecule has 5 rings (SSSR count). The predicted octanol–water partition coefficient (Wildman–Crippen LogP) is 3.71. The molecule has 0 radical (unpaired) electrons. The van der Waals surface area contributed by atoms with E-state index in [2.05, 4.69) is 33.0 Å². The number of carboxylic acids is 1. The summed E-state index contributed by atoms with van der Waals surface area (Å²) in [5.74, 6) is 2.00. The fourth-order valence-electron chi connectivity index (χ4n) is 6.14. The van der Waals surface area contributed by atoms with Gasteiger partial charge in [0.05, 0.1) is 12.7 Å². The number of hydrogen-bond acceptors (Lipinski definition) is 5. The van der Waals surface area contributed by atoms with Crippen LogP contribution in [-0.4, -0.2) is 59.8 Å². The van der Waals surface area contributed by atoms with Crippen molar-refractivity contribution in [2.24, 2.45) is 11.8 Å². The number of nitrogens with zero attached hydrogens (tertiary/aromatic N) is 3. The van der Waals surface area contributed by atoms with E-state index >= 15 is 0 Å². The van der Waals surface area contributed by atoms with Crippen molar-refractivity contribution >= 4 is 11.8 Å². The zero-order valence-electron chi connectivity index (χ0n) is 18.1. The number of carbonyl (C=O) groups is 1. The summed E-state index contributed by atoms with van der Waals surface area (Å²) in [5.41, 5.74) is 1.64. The van der Waals surface area contributed by atoms with E-state index < -0.39 is 5.97 Å². The lowest BCUT2D eigenvalue weighted by molar-refractivity contribution is -0.0318. The van der Waals surface area contributed by atoms with Gasteiger partial charge in [-0.1, -0.05) is 18.6 Å². The van der Waals surface area contributed by atoms with Gasteiger partial charge in [-0.15, -0.1) is 0 Å². The van der Waals surface area contributed by atoms with Gasteiger partial charge in [0.1, 0.15) is 11.6 Å². The Bertz CT molecular complexity index is 949. The number of methoxy groups -OCH3 is 1. The molecule has 164 valence electrons. The lowest BCUT2D eigenvalue weighted by Crippen LogP contribution is -2.64. The van der Waals surface area contributed by atoms with Gasteiger partial charge in [-0.05, 0) is 73.9 Å². The van der Waals surface area contributed by atoms with Crippen LogP contribution in [0.5, 0.6) is 5.75 Å². The Morgan fingerprint density at radius 3 is 2.90 bits per heavy atom. The van der Waals surface area contributed by atoms with Gasteiger partial charge >= 0.3 is 5.97 Å². The highest BCUT2D eigenvalue weighted by Gasteiger charge is 2.47.